The van der Waals surface area contributed by atoms with Crippen LogP contribution < -0.4 is 5.35 Å². The first kappa shape index (κ1) is 19.4. The average Bonchev–Trinajstić information content (AvgIpc) is 3.20. The van der Waals surface area contributed by atoms with Gasteiger partial charge in [0.1, 0.15) is 5.35 Å². The molecule has 0 saturated heterocycles. The highest BCUT2D eigenvalue weighted by Gasteiger charge is 2.15. The molecule has 0 fully saturated rings. The summed E-state index contributed by atoms with van der Waals surface area (Å²) in [5, 5.41) is 1.31. The van der Waals surface area contributed by atoms with Gasteiger partial charge < -0.3 is 9.72 Å². The zero-order chi connectivity index (χ0) is 21.2. The summed E-state index contributed by atoms with van der Waals surface area (Å²) in [4.78, 5) is 16.5. The van der Waals surface area contributed by atoms with Crippen LogP contribution in [0.15, 0.2) is 97.2 Å². The Hall–Kier alpha value is -3.54. The van der Waals surface area contributed by atoms with Crippen LogP contribution in [0.25, 0.3) is 21.5 Å². The molecule has 0 radical (unpaired) electrons. The number of nitrogens with zero attached hydrogens (tertiary/aromatic N) is 1. The summed E-state index contributed by atoms with van der Waals surface area (Å²) in [5.74, 6) is 0.00548. The van der Waals surface area contributed by atoms with Crippen molar-refractivity contribution in [3.63, 3.8) is 0 Å². The number of halogens is 1. The molecule has 0 bridgehead atoms. The van der Waals surface area contributed by atoms with Gasteiger partial charge >= 0.3 is 5.97 Å². The van der Waals surface area contributed by atoms with Gasteiger partial charge in [0.25, 0.3) is 0 Å². The molecule has 0 unspecified atom stereocenters. The quantitative estimate of drug-likeness (QED) is 0.347. The number of benzene rings is 3. The topological polar surface area (TPSA) is 46.5 Å². The molecule has 0 aliphatic heterocycles. The van der Waals surface area contributed by atoms with Gasteiger partial charge in [0, 0.05) is 16.8 Å². The molecule has 2 heterocycles. The van der Waals surface area contributed by atoms with Crippen LogP contribution in [0.4, 0.5) is 0 Å². The third-order valence-electron chi connectivity index (χ3n) is 4.85. The highest BCUT2D eigenvalue weighted by molar-refractivity contribution is 7.13. The Morgan fingerprint density at radius 3 is 2.39 bits per heavy atom. The number of nitrogens with one attached hydrogen (secondary N) is 1. The average molecular weight is 445 g/mol. The Morgan fingerprint density at radius 1 is 0.839 bits per heavy atom. The molecule has 5 aromatic rings. The first-order valence-corrected chi connectivity index (χ1v) is 10.8. The van der Waals surface area contributed by atoms with Gasteiger partial charge in [0.05, 0.1) is 21.3 Å². The number of H-pyrrole nitrogens is 1. The molecular weight excluding hydrogens is 428 g/mol. The number of aromatic nitrogens is 2. The molecule has 2 aromatic heterocycles. The lowest BCUT2D eigenvalue weighted by Gasteiger charge is -2.10. The molecule has 0 aliphatic carbocycles. The van der Waals surface area contributed by atoms with Crippen molar-refractivity contribution in [2.24, 2.45) is 0 Å². The second-order valence-electron chi connectivity index (χ2n) is 6.90. The van der Waals surface area contributed by atoms with E-state index in [-0.39, 0.29) is 0 Å². The molecule has 1 N–H and O–H groups in total. The van der Waals surface area contributed by atoms with Gasteiger partial charge in [-0.1, -0.05) is 53.5 Å². The van der Waals surface area contributed by atoms with Crippen LogP contribution >= 0.6 is 23.1 Å². The van der Waals surface area contributed by atoms with Gasteiger partial charge in [0.2, 0.25) is 0 Å². The summed E-state index contributed by atoms with van der Waals surface area (Å²) >= 11 is 7.72. The van der Waals surface area contributed by atoms with Crippen molar-refractivity contribution in [1.29, 1.82) is 0 Å². The Labute approximate surface area is 187 Å². The van der Waals surface area contributed by atoms with E-state index in [4.69, 9.17) is 16.3 Å². The number of para-hydroxylation sites is 1. The van der Waals surface area contributed by atoms with Crippen LogP contribution in [0.5, 0.6) is 0 Å². The lowest BCUT2D eigenvalue weighted by Crippen LogP contribution is -2.17. The van der Waals surface area contributed by atoms with Gasteiger partial charge in [-0.3, -0.25) is 3.79 Å². The Balaban J connectivity index is 1.84. The van der Waals surface area contributed by atoms with Gasteiger partial charge in [0.15, 0.2) is 5.76 Å². The van der Waals surface area contributed by atoms with Crippen LogP contribution in [0.1, 0.15) is 15.9 Å². The first-order valence-electron chi connectivity index (χ1n) is 9.68. The fourth-order valence-corrected chi connectivity index (χ4v) is 4.42. The van der Waals surface area contributed by atoms with Crippen molar-refractivity contribution in [3.05, 3.63) is 119 Å². The van der Waals surface area contributed by atoms with E-state index in [1.807, 2.05) is 66.9 Å². The lowest BCUT2D eigenvalue weighted by molar-refractivity contribution is 0.0690. The number of carbonyl (C=O) groups is 1. The van der Waals surface area contributed by atoms with Crippen molar-refractivity contribution in [2.75, 3.05) is 0 Å². The summed E-state index contributed by atoms with van der Waals surface area (Å²) in [5.41, 5.74) is 3.06. The van der Waals surface area contributed by atoms with E-state index in [2.05, 4.69) is 14.8 Å². The first-order chi connectivity index (χ1) is 15.2. The smallest absolute Gasteiger partial charge is 0.343 e. The zero-order valence-corrected chi connectivity index (χ0v) is 17.9. The van der Waals surface area contributed by atoms with Crippen LogP contribution in [0, 0.1) is 0 Å². The molecule has 0 amide bonds. The van der Waals surface area contributed by atoms with Gasteiger partial charge in [-0.2, -0.15) is 0 Å². The van der Waals surface area contributed by atoms with Gasteiger partial charge in [-0.25, -0.2) is 4.79 Å². The number of aromatic amines is 1. The second-order valence-corrected chi connectivity index (χ2v) is 8.35. The SMILES string of the molecule is O=C(O/C(c1ccc(Cl)cc1)=c1/[nH]c2ccccc2sn2cccc12)c1ccccc1. The number of hydrogen-bond donors (Lipinski definition) is 1. The zero-order valence-electron chi connectivity index (χ0n) is 16.3. The van der Waals surface area contributed by atoms with E-state index in [0.717, 1.165) is 21.3 Å². The van der Waals surface area contributed by atoms with Gasteiger partial charge in [-0.15, -0.1) is 0 Å². The molecular formula is C25H17ClN2O2S. The van der Waals surface area contributed by atoms with Gasteiger partial charge in [-0.05, 0) is 60.7 Å². The van der Waals surface area contributed by atoms with Crippen molar-refractivity contribution in [2.45, 2.75) is 0 Å². The molecule has 152 valence electrons. The molecule has 6 heteroatoms. The molecule has 0 atom stereocenters. The maximum Gasteiger partial charge on any atom is 0.343 e. The fourth-order valence-electron chi connectivity index (χ4n) is 3.35. The third-order valence-corrected chi connectivity index (χ3v) is 6.17. The molecule has 0 spiro atoms. The highest BCUT2D eigenvalue weighted by atomic mass is 35.5. The number of hydrogen-bond acceptors (Lipinski definition) is 3. The Bertz CT molecular complexity index is 1480. The highest BCUT2D eigenvalue weighted by Crippen LogP contribution is 2.21. The summed E-state index contributed by atoms with van der Waals surface area (Å²) in [7, 11) is 0. The number of rotatable bonds is 3. The molecule has 31 heavy (non-hydrogen) atoms. The van der Waals surface area contributed by atoms with Crippen LogP contribution in [0.2, 0.25) is 5.02 Å². The van der Waals surface area contributed by atoms with E-state index in [1.165, 1.54) is 0 Å². The van der Waals surface area contributed by atoms with Crippen LogP contribution in [0.3, 0.4) is 0 Å². The molecule has 0 saturated carbocycles. The monoisotopic (exact) mass is 444 g/mol. The Morgan fingerprint density at radius 2 is 1.58 bits per heavy atom. The van der Waals surface area contributed by atoms with E-state index in [1.54, 1.807) is 35.8 Å². The van der Waals surface area contributed by atoms with Crippen LogP contribution in [-0.4, -0.2) is 14.7 Å². The number of esters is 1. The fraction of sp³-hybridized carbons (Fsp3) is 0. The minimum Gasteiger partial charge on any atom is -0.420 e. The summed E-state index contributed by atoms with van der Waals surface area (Å²) < 4.78 is 9.14. The van der Waals surface area contributed by atoms with Crippen molar-refractivity contribution < 1.29 is 9.53 Å². The number of fused-ring (bicyclic) bond motifs is 2. The van der Waals surface area contributed by atoms with E-state index in [0.29, 0.717) is 21.7 Å². The second kappa shape index (κ2) is 8.30. The van der Waals surface area contributed by atoms with Crippen LogP contribution in [-0.2, 0) is 4.74 Å². The predicted octanol–water partition coefficient (Wildman–Crippen LogP) is 5.99. The Kier molecular flexibility index (Phi) is 5.20. The summed E-state index contributed by atoms with van der Waals surface area (Å²) in [6.07, 6.45) is 1.99. The summed E-state index contributed by atoms with van der Waals surface area (Å²) in [6, 6.07) is 28.2. The normalized spacial score (nSPS) is 12.0. The van der Waals surface area contributed by atoms with Crippen molar-refractivity contribution >= 4 is 50.6 Å². The van der Waals surface area contributed by atoms with E-state index < -0.39 is 5.97 Å². The minimum atomic E-state index is -0.428. The summed E-state index contributed by atoms with van der Waals surface area (Å²) in [6.45, 7) is 0. The lowest BCUT2D eigenvalue weighted by atomic mass is 10.1. The van der Waals surface area contributed by atoms with Crippen molar-refractivity contribution in [1.82, 2.24) is 8.77 Å². The maximum absolute atomic E-state index is 13.0. The third kappa shape index (κ3) is 3.93. The van der Waals surface area contributed by atoms with Crippen molar-refractivity contribution in [3.8, 4) is 0 Å². The largest absolute Gasteiger partial charge is 0.420 e. The molecule has 0 aliphatic rings. The molecule has 3 aromatic carbocycles. The number of ether oxygens (including phenoxy) is 1. The predicted molar refractivity (Wildman–Crippen MR) is 126 cm³/mol. The number of carbonyl (C=O) groups excluding carboxylic acids is 1. The molecule has 5 rings (SSSR count). The maximum atomic E-state index is 13.0. The molecule has 4 nitrogen and oxygen atoms in total. The minimum absolute atomic E-state index is 0.428. The van der Waals surface area contributed by atoms with E-state index >= 15 is 0 Å². The van der Waals surface area contributed by atoms with E-state index in [9.17, 15) is 4.79 Å². The standard InChI is InChI=1S/C25H17ClN2O2S/c26-19-14-12-17(13-15-19)24(30-25(29)18-7-2-1-3-8-18)23-21-10-6-16-28(21)31-22-11-5-4-9-20(22)27-23/h1-16,27H/b24-23+.